The third-order valence-electron chi connectivity index (χ3n) is 4.48. The summed E-state index contributed by atoms with van der Waals surface area (Å²) >= 11 is 5.83. The monoisotopic (exact) mass is 372 g/mol. The molecular formula is C19H21ClN4O2. The quantitative estimate of drug-likeness (QED) is 0.755. The molecule has 0 spiro atoms. The number of anilines is 1. The van der Waals surface area contributed by atoms with Gasteiger partial charge in [0, 0.05) is 61.4 Å². The van der Waals surface area contributed by atoms with E-state index in [4.69, 9.17) is 11.6 Å². The first-order valence-electron chi connectivity index (χ1n) is 8.63. The van der Waals surface area contributed by atoms with E-state index < -0.39 is 0 Å². The normalized spacial score (nSPS) is 14.4. The molecule has 0 saturated carbocycles. The number of nitrogens with zero attached hydrogens (tertiary/aromatic N) is 4. The highest BCUT2D eigenvalue weighted by Gasteiger charge is 2.22. The van der Waals surface area contributed by atoms with Gasteiger partial charge in [0.2, 0.25) is 5.91 Å². The predicted octanol–water partition coefficient (Wildman–Crippen LogP) is 2.75. The topological polar surface area (TPSA) is 66.4 Å². The van der Waals surface area contributed by atoms with Crippen LogP contribution >= 0.6 is 11.6 Å². The molecule has 1 fully saturated rings. The number of hydrogen-bond acceptors (Lipinski definition) is 5. The van der Waals surface area contributed by atoms with Gasteiger partial charge < -0.3 is 9.80 Å². The number of rotatable bonds is 5. The van der Waals surface area contributed by atoms with Crippen molar-refractivity contribution in [2.45, 2.75) is 19.8 Å². The maximum Gasteiger partial charge on any atom is 0.223 e. The van der Waals surface area contributed by atoms with Crippen LogP contribution < -0.4 is 4.90 Å². The summed E-state index contributed by atoms with van der Waals surface area (Å²) in [5, 5.41) is 0.592. The molecule has 1 saturated heterocycles. The van der Waals surface area contributed by atoms with E-state index in [0.29, 0.717) is 23.7 Å². The molecule has 7 heteroatoms. The van der Waals surface area contributed by atoms with Crippen molar-refractivity contribution < 1.29 is 9.59 Å². The second-order valence-corrected chi connectivity index (χ2v) is 6.75. The number of benzene rings is 1. The molecule has 1 aromatic heterocycles. The Kier molecular flexibility index (Phi) is 5.83. The Hall–Kier alpha value is -2.47. The summed E-state index contributed by atoms with van der Waals surface area (Å²) in [6, 6.07) is 8.70. The molecular weight excluding hydrogens is 352 g/mol. The molecule has 0 unspecified atom stereocenters. The summed E-state index contributed by atoms with van der Waals surface area (Å²) in [5.41, 5.74) is 1.51. The maximum absolute atomic E-state index is 12.4. The van der Waals surface area contributed by atoms with Crippen LogP contribution in [0.25, 0.3) is 0 Å². The number of aromatic nitrogens is 2. The van der Waals surface area contributed by atoms with Crippen LogP contribution in [0.3, 0.4) is 0 Å². The van der Waals surface area contributed by atoms with E-state index in [9.17, 15) is 9.59 Å². The van der Waals surface area contributed by atoms with Gasteiger partial charge in [-0.25, -0.2) is 9.97 Å². The summed E-state index contributed by atoms with van der Waals surface area (Å²) in [4.78, 5) is 36.9. The number of ketones is 1. The largest absolute Gasteiger partial charge is 0.353 e. The lowest BCUT2D eigenvalue weighted by atomic mass is 10.1. The number of amides is 1. The number of hydrogen-bond donors (Lipinski definition) is 0. The summed E-state index contributed by atoms with van der Waals surface area (Å²) < 4.78 is 0. The smallest absolute Gasteiger partial charge is 0.223 e. The van der Waals surface area contributed by atoms with E-state index in [0.717, 1.165) is 24.6 Å². The summed E-state index contributed by atoms with van der Waals surface area (Å²) in [6.45, 7) is 4.66. The fourth-order valence-corrected chi connectivity index (χ4v) is 3.08. The number of carbonyl (C=O) groups is 2. The fraction of sp³-hybridized carbons (Fsp3) is 0.368. The zero-order valence-electron chi connectivity index (χ0n) is 14.7. The van der Waals surface area contributed by atoms with Crippen molar-refractivity contribution >= 4 is 29.1 Å². The Morgan fingerprint density at radius 3 is 2.38 bits per heavy atom. The maximum atomic E-state index is 12.4. The highest BCUT2D eigenvalue weighted by Crippen LogP contribution is 2.15. The van der Waals surface area contributed by atoms with Crippen LogP contribution in [0, 0.1) is 6.92 Å². The van der Waals surface area contributed by atoms with Crippen LogP contribution in [0.2, 0.25) is 5.02 Å². The van der Waals surface area contributed by atoms with E-state index >= 15 is 0 Å². The average Bonchev–Trinajstić information content (AvgIpc) is 2.66. The fourth-order valence-electron chi connectivity index (χ4n) is 2.96. The van der Waals surface area contributed by atoms with Crippen molar-refractivity contribution in [3.63, 3.8) is 0 Å². The summed E-state index contributed by atoms with van der Waals surface area (Å²) in [6.07, 6.45) is 2.00. The number of carbonyl (C=O) groups excluding carboxylic acids is 2. The lowest BCUT2D eigenvalue weighted by Gasteiger charge is -2.35. The van der Waals surface area contributed by atoms with Crippen LogP contribution in [0.15, 0.2) is 36.7 Å². The third kappa shape index (κ3) is 4.58. The number of halogens is 1. The van der Waals surface area contributed by atoms with E-state index in [1.807, 2.05) is 17.9 Å². The van der Waals surface area contributed by atoms with Gasteiger partial charge >= 0.3 is 0 Å². The molecule has 1 aliphatic rings. The Morgan fingerprint density at radius 2 is 1.73 bits per heavy atom. The molecule has 1 aromatic carbocycles. The Balaban J connectivity index is 1.47. The lowest BCUT2D eigenvalue weighted by molar-refractivity contribution is -0.131. The number of Topliss-reactive ketones (excluding diaryl/α,β-unsaturated/α-hetero) is 1. The molecule has 0 atom stereocenters. The lowest BCUT2D eigenvalue weighted by Crippen LogP contribution is -2.49. The summed E-state index contributed by atoms with van der Waals surface area (Å²) in [7, 11) is 0. The third-order valence-corrected chi connectivity index (χ3v) is 4.73. The van der Waals surface area contributed by atoms with Gasteiger partial charge in [-0.3, -0.25) is 9.59 Å². The van der Waals surface area contributed by atoms with Crippen molar-refractivity contribution in [2.75, 3.05) is 31.1 Å². The first-order valence-corrected chi connectivity index (χ1v) is 9.01. The van der Waals surface area contributed by atoms with Crippen molar-refractivity contribution in [3.8, 4) is 0 Å². The van der Waals surface area contributed by atoms with E-state index in [1.165, 1.54) is 0 Å². The Morgan fingerprint density at radius 1 is 1.04 bits per heavy atom. The van der Waals surface area contributed by atoms with Gasteiger partial charge in [-0.15, -0.1) is 0 Å². The zero-order valence-corrected chi connectivity index (χ0v) is 15.4. The first-order chi connectivity index (χ1) is 12.5. The van der Waals surface area contributed by atoms with Crippen molar-refractivity contribution in [1.82, 2.24) is 14.9 Å². The second kappa shape index (κ2) is 8.27. The van der Waals surface area contributed by atoms with Crippen LogP contribution in [-0.2, 0) is 4.79 Å². The molecule has 0 bridgehead atoms. The molecule has 2 heterocycles. The Bertz CT molecular complexity index is 786. The van der Waals surface area contributed by atoms with Gasteiger partial charge in [-0.1, -0.05) is 11.6 Å². The molecule has 136 valence electrons. The SMILES string of the molecule is Cc1cc(N2CCN(C(=O)CCC(=O)c3ccc(Cl)cc3)CC2)ncn1. The van der Waals surface area contributed by atoms with E-state index in [2.05, 4.69) is 14.9 Å². The minimum Gasteiger partial charge on any atom is -0.353 e. The van der Waals surface area contributed by atoms with Crippen LogP contribution in [0.1, 0.15) is 28.9 Å². The number of aryl methyl sites for hydroxylation is 1. The van der Waals surface area contributed by atoms with Gasteiger partial charge in [0.05, 0.1) is 0 Å². The molecule has 3 rings (SSSR count). The van der Waals surface area contributed by atoms with Gasteiger partial charge in [0.25, 0.3) is 0 Å². The standard InChI is InChI=1S/C19H21ClN4O2/c1-14-12-18(22-13-21-14)23-8-10-24(11-9-23)19(26)7-6-17(25)15-2-4-16(20)5-3-15/h2-5,12-13H,6-11H2,1H3. The minimum absolute atomic E-state index is 0.0193. The molecule has 2 aromatic rings. The average molecular weight is 373 g/mol. The van der Waals surface area contributed by atoms with Crippen molar-refractivity contribution in [1.29, 1.82) is 0 Å². The Labute approximate surface area is 157 Å². The predicted molar refractivity (Wildman–Crippen MR) is 101 cm³/mol. The molecule has 26 heavy (non-hydrogen) atoms. The van der Waals surface area contributed by atoms with Gasteiger partial charge in [0.15, 0.2) is 5.78 Å². The van der Waals surface area contributed by atoms with Crippen LogP contribution in [0.4, 0.5) is 5.82 Å². The molecule has 0 aliphatic carbocycles. The number of piperazine rings is 1. The second-order valence-electron chi connectivity index (χ2n) is 6.32. The molecule has 1 amide bonds. The van der Waals surface area contributed by atoms with Gasteiger partial charge in [-0.2, -0.15) is 0 Å². The van der Waals surface area contributed by atoms with E-state index in [-0.39, 0.29) is 24.5 Å². The van der Waals surface area contributed by atoms with Crippen LogP contribution in [0.5, 0.6) is 0 Å². The van der Waals surface area contributed by atoms with Crippen molar-refractivity contribution in [2.24, 2.45) is 0 Å². The minimum atomic E-state index is -0.0369. The van der Waals surface area contributed by atoms with Crippen molar-refractivity contribution in [3.05, 3.63) is 52.9 Å². The molecule has 0 N–H and O–H groups in total. The highest BCUT2D eigenvalue weighted by molar-refractivity contribution is 6.30. The highest BCUT2D eigenvalue weighted by atomic mass is 35.5. The van der Waals surface area contributed by atoms with E-state index in [1.54, 1.807) is 30.6 Å². The van der Waals surface area contributed by atoms with Crippen LogP contribution in [-0.4, -0.2) is 52.7 Å². The van der Waals surface area contributed by atoms with Gasteiger partial charge in [0.1, 0.15) is 12.1 Å². The molecule has 0 radical (unpaired) electrons. The van der Waals surface area contributed by atoms with Gasteiger partial charge in [-0.05, 0) is 31.2 Å². The zero-order chi connectivity index (χ0) is 18.5. The summed E-state index contributed by atoms with van der Waals surface area (Å²) in [5.74, 6) is 0.874. The molecule has 1 aliphatic heterocycles. The first kappa shape index (κ1) is 18.3. The molecule has 6 nitrogen and oxygen atoms in total.